The summed E-state index contributed by atoms with van der Waals surface area (Å²) < 4.78 is 11.4. The van der Waals surface area contributed by atoms with E-state index in [1.807, 2.05) is 38.1 Å². The lowest BCUT2D eigenvalue weighted by Crippen LogP contribution is -2.40. The monoisotopic (exact) mass is 345 g/mol. The van der Waals surface area contributed by atoms with Gasteiger partial charge in [0.1, 0.15) is 5.75 Å². The Morgan fingerprint density at radius 3 is 2.12 bits per heavy atom. The molecule has 0 aliphatic heterocycles. The lowest BCUT2D eigenvalue weighted by Gasteiger charge is -2.30. The Balaban J connectivity index is 2.13. The third-order valence-electron chi connectivity index (χ3n) is 4.15. The van der Waals surface area contributed by atoms with Gasteiger partial charge in [0.2, 0.25) is 5.91 Å². The van der Waals surface area contributed by atoms with Crippen molar-refractivity contribution in [2.45, 2.75) is 30.7 Å². The van der Waals surface area contributed by atoms with E-state index >= 15 is 0 Å². The largest absolute Gasteiger partial charge is 0.508 e. The SMILES string of the molecule is CN(Cc1ccc([S@@](C)=O)cc1)C(=O)C(C)(C)c1ccc(O)cc1. The summed E-state index contributed by atoms with van der Waals surface area (Å²) in [4.78, 5) is 15.3. The van der Waals surface area contributed by atoms with Gasteiger partial charge < -0.3 is 10.0 Å². The number of rotatable bonds is 5. The van der Waals surface area contributed by atoms with Crippen LogP contribution in [0, 0.1) is 0 Å². The third-order valence-corrected chi connectivity index (χ3v) is 5.08. The molecule has 5 heteroatoms. The molecule has 0 radical (unpaired) electrons. The molecule has 0 aromatic heterocycles. The van der Waals surface area contributed by atoms with Crippen LogP contribution in [0.3, 0.4) is 0 Å². The Kier molecular flexibility index (Phi) is 5.44. The fourth-order valence-corrected chi connectivity index (χ4v) is 3.13. The lowest BCUT2D eigenvalue weighted by atomic mass is 9.83. The number of hydrogen-bond acceptors (Lipinski definition) is 3. The molecule has 2 aromatic carbocycles. The number of phenolic OH excluding ortho intramolecular Hbond substituents is 1. The second-order valence-electron chi connectivity index (χ2n) is 6.43. The van der Waals surface area contributed by atoms with Crippen molar-refractivity contribution in [1.29, 1.82) is 0 Å². The number of carbonyl (C=O) groups excluding carboxylic acids is 1. The first-order valence-corrected chi connectivity index (χ1v) is 9.25. The van der Waals surface area contributed by atoms with E-state index in [-0.39, 0.29) is 11.7 Å². The van der Waals surface area contributed by atoms with Gasteiger partial charge in [-0.05, 0) is 49.2 Å². The van der Waals surface area contributed by atoms with E-state index in [1.165, 1.54) is 0 Å². The highest BCUT2D eigenvalue weighted by atomic mass is 32.2. The average molecular weight is 345 g/mol. The van der Waals surface area contributed by atoms with Crippen LogP contribution in [0.25, 0.3) is 0 Å². The quantitative estimate of drug-likeness (QED) is 0.906. The Morgan fingerprint density at radius 1 is 1.08 bits per heavy atom. The van der Waals surface area contributed by atoms with Crippen molar-refractivity contribution in [3.63, 3.8) is 0 Å². The van der Waals surface area contributed by atoms with Gasteiger partial charge in [0, 0.05) is 35.5 Å². The van der Waals surface area contributed by atoms with Crippen molar-refractivity contribution in [3.05, 3.63) is 59.7 Å². The summed E-state index contributed by atoms with van der Waals surface area (Å²) in [5.41, 5.74) is 1.16. The zero-order valence-electron chi connectivity index (χ0n) is 14.4. The molecule has 128 valence electrons. The highest BCUT2D eigenvalue weighted by Gasteiger charge is 2.32. The number of amides is 1. The molecule has 1 atom stereocenters. The Hall–Kier alpha value is -2.14. The van der Waals surface area contributed by atoms with Gasteiger partial charge in [-0.3, -0.25) is 9.00 Å². The van der Waals surface area contributed by atoms with Crippen molar-refractivity contribution in [1.82, 2.24) is 4.90 Å². The highest BCUT2D eigenvalue weighted by Crippen LogP contribution is 2.27. The third kappa shape index (κ3) is 4.03. The summed E-state index contributed by atoms with van der Waals surface area (Å²) >= 11 is 0. The second kappa shape index (κ2) is 7.18. The van der Waals surface area contributed by atoms with Crippen molar-refractivity contribution < 1.29 is 14.1 Å². The smallest absolute Gasteiger partial charge is 0.232 e. The maximum Gasteiger partial charge on any atom is 0.232 e. The van der Waals surface area contributed by atoms with Crippen molar-refractivity contribution in [3.8, 4) is 5.75 Å². The van der Waals surface area contributed by atoms with Crippen molar-refractivity contribution in [2.75, 3.05) is 13.3 Å². The van der Waals surface area contributed by atoms with Gasteiger partial charge in [0.05, 0.1) is 5.41 Å². The highest BCUT2D eigenvalue weighted by molar-refractivity contribution is 7.84. The minimum atomic E-state index is -1.00. The van der Waals surface area contributed by atoms with Crippen LogP contribution >= 0.6 is 0 Å². The van der Waals surface area contributed by atoms with Gasteiger partial charge in [0.25, 0.3) is 0 Å². The van der Waals surface area contributed by atoms with Gasteiger partial charge in [0.15, 0.2) is 0 Å². The van der Waals surface area contributed by atoms with Gasteiger partial charge in [-0.25, -0.2) is 0 Å². The first-order chi connectivity index (χ1) is 11.2. The van der Waals surface area contributed by atoms with Crippen LogP contribution in [0.5, 0.6) is 5.75 Å². The minimum Gasteiger partial charge on any atom is -0.508 e. The van der Waals surface area contributed by atoms with E-state index < -0.39 is 16.2 Å². The Morgan fingerprint density at radius 2 is 1.62 bits per heavy atom. The first-order valence-electron chi connectivity index (χ1n) is 7.69. The van der Waals surface area contributed by atoms with Gasteiger partial charge in [-0.1, -0.05) is 24.3 Å². The molecule has 0 saturated carbocycles. The lowest BCUT2D eigenvalue weighted by molar-refractivity contribution is -0.135. The fraction of sp³-hybridized carbons (Fsp3) is 0.316. The molecular formula is C19H23NO3S. The van der Waals surface area contributed by atoms with Crippen LogP contribution < -0.4 is 0 Å². The van der Waals surface area contributed by atoms with Crippen LogP contribution in [0.1, 0.15) is 25.0 Å². The molecule has 1 N–H and O–H groups in total. The van der Waals surface area contributed by atoms with Gasteiger partial charge >= 0.3 is 0 Å². The van der Waals surface area contributed by atoms with Crippen molar-refractivity contribution in [2.24, 2.45) is 0 Å². The number of carbonyl (C=O) groups is 1. The number of likely N-dealkylation sites (N-methyl/N-ethyl adjacent to an activating group) is 1. The number of benzene rings is 2. The molecule has 0 heterocycles. The van der Waals surface area contributed by atoms with E-state index in [0.29, 0.717) is 6.54 Å². The molecule has 0 unspecified atom stereocenters. The molecule has 0 saturated heterocycles. The molecule has 0 fully saturated rings. The van der Waals surface area contributed by atoms with E-state index in [0.717, 1.165) is 16.0 Å². The maximum absolute atomic E-state index is 12.8. The zero-order chi connectivity index (χ0) is 17.9. The summed E-state index contributed by atoms with van der Waals surface area (Å²) in [5, 5.41) is 9.41. The molecule has 24 heavy (non-hydrogen) atoms. The maximum atomic E-state index is 12.8. The minimum absolute atomic E-state index is 0.00339. The molecule has 0 bridgehead atoms. The predicted molar refractivity (Wildman–Crippen MR) is 96.4 cm³/mol. The van der Waals surface area contributed by atoms with E-state index in [9.17, 15) is 14.1 Å². The molecule has 2 rings (SSSR count). The van der Waals surface area contributed by atoms with Crippen LogP contribution in [0.2, 0.25) is 0 Å². The molecule has 0 aliphatic carbocycles. The molecule has 0 aliphatic rings. The van der Waals surface area contributed by atoms with E-state index in [4.69, 9.17) is 0 Å². The molecular weight excluding hydrogens is 322 g/mol. The number of aromatic hydroxyl groups is 1. The predicted octanol–water partition coefficient (Wildman–Crippen LogP) is 3.07. The second-order valence-corrected chi connectivity index (χ2v) is 7.81. The van der Waals surface area contributed by atoms with Crippen LogP contribution in [0.15, 0.2) is 53.4 Å². The first kappa shape index (κ1) is 18.2. The summed E-state index contributed by atoms with van der Waals surface area (Å²) in [6.45, 7) is 4.24. The Bertz CT molecular complexity index is 736. The molecule has 4 nitrogen and oxygen atoms in total. The summed E-state index contributed by atoms with van der Waals surface area (Å²) in [6.07, 6.45) is 1.64. The summed E-state index contributed by atoms with van der Waals surface area (Å²) in [7, 11) is 0.774. The number of hydrogen-bond donors (Lipinski definition) is 1. The van der Waals surface area contributed by atoms with Gasteiger partial charge in [-0.15, -0.1) is 0 Å². The number of phenols is 1. The topological polar surface area (TPSA) is 57.6 Å². The standard InChI is InChI=1S/C19H23NO3S/c1-19(2,15-7-9-16(21)10-8-15)18(22)20(3)13-14-5-11-17(12-6-14)24(4)23/h5-12,21H,13H2,1-4H3/t24-/m1/s1. The van der Waals surface area contributed by atoms with Crippen LogP contribution in [-0.2, 0) is 27.6 Å². The van der Waals surface area contributed by atoms with Crippen LogP contribution in [0.4, 0.5) is 0 Å². The van der Waals surface area contributed by atoms with E-state index in [2.05, 4.69) is 0 Å². The zero-order valence-corrected chi connectivity index (χ0v) is 15.3. The van der Waals surface area contributed by atoms with Crippen LogP contribution in [-0.4, -0.2) is 33.4 Å². The summed E-state index contributed by atoms with van der Waals surface area (Å²) in [5.74, 6) is 0.181. The molecule has 0 spiro atoms. The van der Waals surface area contributed by atoms with Gasteiger partial charge in [-0.2, -0.15) is 0 Å². The van der Waals surface area contributed by atoms with E-state index in [1.54, 1.807) is 42.5 Å². The average Bonchev–Trinajstić information content (AvgIpc) is 2.55. The number of nitrogens with zero attached hydrogens (tertiary/aromatic N) is 1. The Labute approximate surface area is 145 Å². The fourth-order valence-electron chi connectivity index (χ4n) is 2.61. The molecule has 1 amide bonds. The molecule has 2 aromatic rings. The normalized spacial score (nSPS) is 12.7. The summed E-state index contributed by atoms with van der Waals surface area (Å²) in [6, 6.07) is 14.2. The van der Waals surface area contributed by atoms with Crippen molar-refractivity contribution >= 4 is 16.7 Å².